The zero-order valence-corrected chi connectivity index (χ0v) is 9.44. The number of nitrogens with two attached hydrogens (primary N) is 1. The molecule has 1 aromatic carbocycles. The standard InChI is InChI=1S/C11H11F3N2O2/c1-5(17)18-16-10(13)8-4-6(15)2-3-7(8)9(12)11(16)14/h2-4,9-11H,15H2,1H3. The third-order valence-electron chi connectivity index (χ3n) is 2.61. The van der Waals surface area contributed by atoms with Gasteiger partial charge in [-0.3, -0.25) is 4.79 Å². The summed E-state index contributed by atoms with van der Waals surface area (Å²) < 4.78 is 41.4. The van der Waals surface area contributed by atoms with E-state index in [4.69, 9.17) is 5.73 Å². The monoisotopic (exact) mass is 260 g/mol. The summed E-state index contributed by atoms with van der Waals surface area (Å²) in [6, 6.07) is 3.76. The van der Waals surface area contributed by atoms with Crippen LogP contribution in [0.15, 0.2) is 18.2 Å². The van der Waals surface area contributed by atoms with Gasteiger partial charge in [-0.1, -0.05) is 11.1 Å². The van der Waals surface area contributed by atoms with E-state index in [1.54, 1.807) is 0 Å². The molecule has 2 N–H and O–H groups in total. The molecule has 98 valence electrons. The zero-order valence-electron chi connectivity index (χ0n) is 9.44. The van der Waals surface area contributed by atoms with Gasteiger partial charge in [-0.05, 0) is 17.7 Å². The van der Waals surface area contributed by atoms with E-state index in [0.717, 1.165) is 6.92 Å². The third kappa shape index (κ3) is 2.01. The molecule has 3 atom stereocenters. The van der Waals surface area contributed by atoms with Gasteiger partial charge in [-0.2, -0.15) is 0 Å². The fourth-order valence-corrected chi connectivity index (χ4v) is 1.84. The summed E-state index contributed by atoms with van der Waals surface area (Å²) in [6.07, 6.45) is -6.58. The molecule has 1 aliphatic rings. The summed E-state index contributed by atoms with van der Waals surface area (Å²) >= 11 is 0. The summed E-state index contributed by atoms with van der Waals surface area (Å²) in [6.45, 7) is 0.974. The highest BCUT2D eigenvalue weighted by atomic mass is 19.2. The van der Waals surface area contributed by atoms with Crippen molar-refractivity contribution in [2.45, 2.75) is 25.7 Å². The predicted octanol–water partition coefficient (Wildman–Crippen LogP) is 2.34. The number of rotatable bonds is 1. The number of nitrogens with zero attached hydrogens (tertiary/aromatic N) is 1. The molecule has 7 heteroatoms. The molecule has 0 aromatic heterocycles. The van der Waals surface area contributed by atoms with E-state index in [0.29, 0.717) is 0 Å². The van der Waals surface area contributed by atoms with Crippen LogP contribution in [-0.2, 0) is 9.63 Å². The predicted molar refractivity (Wildman–Crippen MR) is 57.1 cm³/mol. The minimum Gasteiger partial charge on any atom is -0.399 e. The molecular weight excluding hydrogens is 249 g/mol. The average molecular weight is 260 g/mol. The van der Waals surface area contributed by atoms with Gasteiger partial charge < -0.3 is 10.6 Å². The quantitative estimate of drug-likeness (QED) is 0.622. The van der Waals surface area contributed by atoms with Crippen LogP contribution in [0.25, 0.3) is 0 Å². The van der Waals surface area contributed by atoms with Crippen molar-refractivity contribution in [2.75, 3.05) is 5.73 Å². The number of alkyl halides is 3. The lowest BCUT2D eigenvalue weighted by Crippen LogP contribution is -2.42. The van der Waals surface area contributed by atoms with E-state index in [9.17, 15) is 18.0 Å². The number of fused-ring (bicyclic) bond motifs is 1. The van der Waals surface area contributed by atoms with Crippen LogP contribution in [0.2, 0.25) is 0 Å². The number of halogens is 3. The highest BCUT2D eigenvalue weighted by Crippen LogP contribution is 2.43. The Kier molecular flexibility index (Phi) is 3.16. The number of hydroxylamine groups is 2. The number of benzene rings is 1. The number of carbonyl (C=O) groups excluding carboxylic acids is 1. The second kappa shape index (κ2) is 4.49. The Hall–Kier alpha value is -1.76. The van der Waals surface area contributed by atoms with Gasteiger partial charge in [0.05, 0.1) is 0 Å². The van der Waals surface area contributed by atoms with E-state index in [1.165, 1.54) is 18.2 Å². The van der Waals surface area contributed by atoms with Crippen molar-refractivity contribution < 1.29 is 22.8 Å². The summed E-state index contributed by atoms with van der Waals surface area (Å²) in [5.74, 6) is -0.931. The Morgan fingerprint density at radius 3 is 2.61 bits per heavy atom. The van der Waals surface area contributed by atoms with Gasteiger partial charge in [0.15, 0.2) is 6.17 Å². The summed E-state index contributed by atoms with van der Waals surface area (Å²) in [5.41, 5.74) is 5.40. The van der Waals surface area contributed by atoms with Crippen LogP contribution >= 0.6 is 0 Å². The van der Waals surface area contributed by atoms with Crippen molar-refractivity contribution in [3.05, 3.63) is 29.3 Å². The van der Waals surface area contributed by atoms with Gasteiger partial charge in [0.25, 0.3) is 0 Å². The Morgan fingerprint density at radius 1 is 1.33 bits per heavy atom. The van der Waals surface area contributed by atoms with E-state index in [2.05, 4.69) is 4.84 Å². The van der Waals surface area contributed by atoms with E-state index < -0.39 is 24.7 Å². The van der Waals surface area contributed by atoms with Crippen LogP contribution in [0.4, 0.5) is 18.9 Å². The van der Waals surface area contributed by atoms with Crippen molar-refractivity contribution in [3.8, 4) is 0 Å². The van der Waals surface area contributed by atoms with Crippen molar-refractivity contribution in [1.82, 2.24) is 5.06 Å². The van der Waals surface area contributed by atoms with Crippen LogP contribution in [0.1, 0.15) is 30.5 Å². The first-order valence-corrected chi connectivity index (χ1v) is 5.20. The molecule has 1 heterocycles. The Balaban J connectivity index is 2.43. The lowest BCUT2D eigenvalue weighted by atomic mass is 9.97. The van der Waals surface area contributed by atoms with Gasteiger partial charge >= 0.3 is 5.97 Å². The molecule has 0 amide bonds. The number of nitrogen functional groups attached to an aromatic ring is 1. The van der Waals surface area contributed by atoms with Gasteiger partial charge in [-0.15, -0.1) is 0 Å². The minimum absolute atomic E-state index is 0.0643. The maximum absolute atomic E-state index is 14.0. The number of hydrogen-bond acceptors (Lipinski definition) is 4. The topological polar surface area (TPSA) is 55.6 Å². The smallest absolute Gasteiger partial charge is 0.322 e. The number of carbonyl (C=O) groups is 1. The lowest BCUT2D eigenvalue weighted by molar-refractivity contribution is -0.272. The van der Waals surface area contributed by atoms with Gasteiger partial charge in [-0.25, -0.2) is 13.2 Å². The molecule has 4 nitrogen and oxygen atoms in total. The first kappa shape index (κ1) is 12.7. The SMILES string of the molecule is CC(=O)ON1C(F)c2cc(N)ccc2C(F)C1F. The van der Waals surface area contributed by atoms with Crippen LogP contribution in [0, 0.1) is 0 Å². The minimum atomic E-state index is -2.39. The highest BCUT2D eigenvalue weighted by molar-refractivity contribution is 5.65. The lowest BCUT2D eigenvalue weighted by Gasteiger charge is -2.34. The highest BCUT2D eigenvalue weighted by Gasteiger charge is 2.44. The van der Waals surface area contributed by atoms with Crippen LogP contribution < -0.4 is 5.73 Å². The molecule has 0 fully saturated rings. The number of anilines is 1. The van der Waals surface area contributed by atoms with E-state index in [-0.39, 0.29) is 21.9 Å². The first-order chi connectivity index (χ1) is 8.41. The average Bonchev–Trinajstić information content (AvgIpc) is 2.31. The Labute approximate surface area is 101 Å². The van der Waals surface area contributed by atoms with Crippen molar-refractivity contribution >= 4 is 11.7 Å². The van der Waals surface area contributed by atoms with Crippen LogP contribution in [-0.4, -0.2) is 17.3 Å². The summed E-state index contributed by atoms with van der Waals surface area (Å²) in [5, 5.41) is 0.0643. The molecule has 0 radical (unpaired) electrons. The summed E-state index contributed by atoms with van der Waals surface area (Å²) in [4.78, 5) is 15.1. The third-order valence-corrected chi connectivity index (χ3v) is 2.61. The fourth-order valence-electron chi connectivity index (χ4n) is 1.84. The number of hydrogen-bond donors (Lipinski definition) is 1. The first-order valence-electron chi connectivity index (χ1n) is 5.20. The molecule has 2 rings (SSSR count). The van der Waals surface area contributed by atoms with Crippen LogP contribution in [0.3, 0.4) is 0 Å². The second-order valence-electron chi connectivity index (χ2n) is 3.94. The van der Waals surface area contributed by atoms with E-state index >= 15 is 0 Å². The van der Waals surface area contributed by atoms with Crippen molar-refractivity contribution in [3.63, 3.8) is 0 Å². The molecular formula is C11H11F3N2O2. The molecule has 18 heavy (non-hydrogen) atoms. The normalized spacial score (nSPS) is 27.7. The second-order valence-corrected chi connectivity index (χ2v) is 3.94. The Bertz CT molecular complexity index is 483. The van der Waals surface area contributed by atoms with Crippen molar-refractivity contribution in [2.24, 2.45) is 0 Å². The molecule has 0 bridgehead atoms. The van der Waals surface area contributed by atoms with Gasteiger partial charge in [0, 0.05) is 18.2 Å². The molecule has 0 saturated carbocycles. The summed E-state index contributed by atoms with van der Waals surface area (Å²) in [7, 11) is 0. The van der Waals surface area contributed by atoms with Gasteiger partial charge in [0.2, 0.25) is 12.6 Å². The maximum Gasteiger partial charge on any atom is 0.322 e. The fraction of sp³-hybridized carbons (Fsp3) is 0.364. The molecule has 1 aliphatic heterocycles. The van der Waals surface area contributed by atoms with Gasteiger partial charge in [0.1, 0.15) is 0 Å². The Morgan fingerprint density at radius 2 is 2.00 bits per heavy atom. The molecule has 1 aromatic rings. The zero-order chi connectivity index (χ0) is 13.4. The molecule has 0 aliphatic carbocycles. The molecule has 0 spiro atoms. The molecule has 0 saturated heterocycles. The molecule has 3 unspecified atom stereocenters. The van der Waals surface area contributed by atoms with Crippen molar-refractivity contribution in [1.29, 1.82) is 0 Å². The maximum atomic E-state index is 14.0. The van der Waals surface area contributed by atoms with E-state index in [1.807, 2.05) is 0 Å². The largest absolute Gasteiger partial charge is 0.399 e. The van der Waals surface area contributed by atoms with Crippen LogP contribution in [0.5, 0.6) is 0 Å².